The second kappa shape index (κ2) is 14.9. The summed E-state index contributed by atoms with van der Waals surface area (Å²) < 4.78 is 26.0. The molecule has 0 saturated heterocycles. The lowest BCUT2D eigenvalue weighted by Gasteiger charge is -2.16. The summed E-state index contributed by atoms with van der Waals surface area (Å²) in [4.78, 5) is 0. The molecule has 2 aromatic carbocycles. The van der Waals surface area contributed by atoms with E-state index in [9.17, 15) is 9.50 Å². The molecule has 2 aliphatic rings. The summed E-state index contributed by atoms with van der Waals surface area (Å²) in [5, 5.41) is 26.7. The third-order valence-corrected chi connectivity index (χ3v) is 7.32. The fourth-order valence-corrected chi connectivity index (χ4v) is 5.00. The number of ether oxygens (including phenoxy) is 2. The third kappa shape index (κ3) is 8.57. The normalized spacial score (nSPS) is 19.1. The lowest BCUT2D eigenvalue weighted by molar-refractivity contribution is 0.0536. The molecule has 3 N–H and O–H groups in total. The molecule has 0 heterocycles. The van der Waals surface area contributed by atoms with E-state index in [0.29, 0.717) is 23.0 Å². The molecule has 0 amide bonds. The number of hydrogen-bond donors (Lipinski definition) is 3. The van der Waals surface area contributed by atoms with Crippen molar-refractivity contribution in [1.82, 2.24) is 0 Å². The maximum Gasteiger partial charge on any atom is 0.129 e. The van der Waals surface area contributed by atoms with Crippen LogP contribution in [0.15, 0.2) is 77.8 Å². The molecule has 2 unspecified atom stereocenters. The number of aliphatic hydroxyl groups excluding tert-OH is 3. The second-order valence-corrected chi connectivity index (χ2v) is 10.8. The Morgan fingerprint density at radius 2 is 1.80 bits per heavy atom. The summed E-state index contributed by atoms with van der Waals surface area (Å²) in [5.74, 6) is 1.44. The van der Waals surface area contributed by atoms with Gasteiger partial charge in [-0.15, -0.1) is 0 Å². The van der Waals surface area contributed by atoms with Gasteiger partial charge in [-0.05, 0) is 128 Å². The van der Waals surface area contributed by atoms with Crippen LogP contribution >= 0.6 is 0 Å². The highest BCUT2D eigenvalue weighted by Crippen LogP contribution is 2.36. The number of rotatable bonds is 9. The Hall–Kier alpha value is -3.35. The zero-order valence-electron chi connectivity index (χ0n) is 24.2. The molecular formula is C34H43FO5. The van der Waals surface area contributed by atoms with Crippen LogP contribution in [0.3, 0.4) is 0 Å². The smallest absolute Gasteiger partial charge is 0.129 e. The van der Waals surface area contributed by atoms with Gasteiger partial charge in [0.05, 0.1) is 12.9 Å². The minimum Gasteiger partial charge on any atom is -0.516 e. The fraction of sp³-hybridized carbons (Fsp3) is 0.412. The quantitative estimate of drug-likeness (QED) is 0.278. The van der Waals surface area contributed by atoms with E-state index >= 15 is 0 Å². The van der Waals surface area contributed by atoms with Gasteiger partial charge in [-0.3, -0.25) is 0 Å². The van der Waals surface area contributed by atoms with E-state index in [-0.39, 0.29) is 25.6 Å². The highest BCUT2D eigenvalue weighted by molar-refractivity contribution is 5.72. The predicted molar refractivity (Wildman–Crippen MR) is 159 cm³/mol. The van der Waals surface area contributed by atoms with Crippen LogP contribution in [0, 0.1) is 25.6 Å². The molecule has 2 aromatic rings. The van der Waals surface area contributed by atoms with E-state index in [1.807, 2.05) is 45.0 Å². The van der Waals surface area contributed by atoms with E-state index in [1.54, 1.807) is 6.07 Å². The van der Waals surface area contributed by atoms with Gasteiger partial charge in [-0.1, -0.05) is 25.6 Å². The van der Waals surface area contributed by atoms with E-state index < -0.39 is 6.10 Å². The van der Waals surface area contributed by atoms with E-state index in [2.05, 4.69) is 19.6 Å². The first-order valence-electron chi connectivity index (χ1n) is 14.0. The number of hydrogen-bond acceptors (Lipinski definition) is 5. The predicted octanol–water partition coefficient (Wildman–Crippen LogP) is 7.79. The zero-order valence-corrected chi connectivity index (χ0v) is 24.2. The second-order valence-electron chi connectivity index (χ2n) is 10.8. The van der Waals surface area contributed by atoms with Crippen LogP contribution in [0.4, 0.5) is 4.39 Å². The average Bonchev–Trinajstić information content (AvgIpc) is 3.25. The van der Waals surface area contributed by atoms with Gasteiger partial charge in [0.2, 0.25) is 0 Å². The van der Waals surface area contributed by atoms with E-state index in [0.717, 1.165) is 47.9 Å². The highest BCUT2D eigenvalue weighted by atomic mass is 19.1. The summed E-state index contributed by atoms with van der Waals surface area (Å²) in [6.07, 6.45) is 10.00. The third-order valence-electron chi connectivity index (χ3n) is 7.32. The average molecular weight is 551 g/mol. The minimum absolute atomic E-state index is 0.0151. The molecule has 2 saturated carbocycles. The summed E-state index contributed by atoms with van der Waals surface area (Å²) in [5.41, 5.74) is 8.06. The Kier molecular flexibility index (Phi) is 11.6. The first-order chi connectivity index (χ1) is 19.1. The van der Waals surface area contributed by atoms with Gasteiger partial charge in [-0.25, -0.2) is 4.39 Å². The van der Waals surface area contributed by atoms with Crippen molar-refractivity contribution < 1.29 is 29.2 Å². The lowest BCUT2D eigenvalue weighted by atomic mass is 9.94. The molecule has 2 aliphatic carbocycles. The molecule has 0 spiro atoms. The number of benzene rings is 2. The number of halogens is 1. The van der Waals surface area contributed by atoms with Gasteiger partial charge in [0.25, 0.3) is 0 Å². The van der Waals surface area contributed by atoms with Crippen molar-refractivity contribution in [3.8, 4) is 16.9 Å². The van der Waals surface area contributed by atoms with Crippen LogP contribution in [0.25, 0.3) is 11.1 Å². The van der Waals surface area contributed by atoms with E-state index in [4.69, 9.17) is 19.7 Å². The van der Waals surface area contributed by atoms with Gasteiger partial charge >= 0.3 is 0 Å². The van der Waals surface area contributed by atoms with Crippen LogP contribution in [0.5, 0.6) is 5.75 Å². The van der Waals surface area contributed by atoms with Crippen LogP contribution in [0.2, 0.25) is 0 Å². The Morgan fingerprint density at radius 3 is 2.35 bits per heavy atom. The van der Waals surface area contributed by atoms with Crippen LogP contribution in [-0.4, -0.2) is 34.6 Å². The van der Waals surface area contributed by atoms with Crippen molar-refractivity contribution in [3.63, 3.8) is 0 Å². The molecule has 4 rings (SSSR count). The minimum atomic E-state index is -0.924. The number of aliphatic hydroxyl groups is 3. The topological polar surface area (TPSA) is 79.2 Å². The molecule has 0 radical (unpaired) electrons. The molecule has 5 nitrogen and oxygen atoms in total. The summed E-state index contributed by atoms with van der Waals surface area (Å²) in [6, 6.07) is 8.80. The van der Waals surface area contributed by atoms with Gasteiger partial charge < -0.3 is 24.8 Å². The lowest BCUT2D eigenvalue weighted by Crippen LogP contribution is -2.21. The largest absolute Gasteiger partial charge is 0.516 e. The fourth-order valence-electron chi connectivity index (χ4n) is 5.00. The molecule has 0 bridgehead atoms. The maximum absolute atomic E-state index is 14.6. The Balaban J connectivity index is 0.000000649. The SMILES string of the molecule is C=C(/C=C1/CC(C)C/C1=C/C)OCc1cc(-c2c(C)cc(OCC(O)CO)cc2C)ccc1F.OC=C1CCC1. The molecular weight excluding hydrogens is 507 g/mol. The summed E-state index contributed by atoms with van der Waals surface area (Å²) in [6.45, 7) is 12.0. The molecule has 2 atom stereocenters. The van der Waals surface area contributed by atoms with Gasteiger partial charge in [0.15, 0.2) is 0 Å². The van der Waals surface area contributed by atoms with Crippen LogP contribution < -0.4 is 4.74 Å². The molecule has 2 fully saturated rings. The van der Waals surface area contributed by atoms with E-state index in [1.165, 1.54) is 35.5 Å². The Labute approximate surface area is 238 Å². The number of allylic oxidation sites excluding steroid dienone is 5. The van der Waals surface area contributed by atoms with Crippen molar-refractivity contribution in [1.29, 1.82) is 0 Å². The van der Waals surface area contributed by atoms with Crippen molar-refractivity contribution in [3.05, 3.63) is 100 Å². The first kappa shape index (κ1) is 31.2. The van der Waals surface area contributed by atoms with Crippen LogP contribution in [0.1, 0.15) is 62.6 Å². The Bertz CT molecular complexity index is 1240. The highest BCUT2D eigenvalue weighted by Gasteiger charge is 2.20. The van der Waals surface area contributed by atoms with Crippen molar-refractivity contribution >= 4 is 0 Å². The maximum atomic E-state index is 14.6. The molecule has 0 aromatic heterocycles. The van der Waals surface area contributed by atoms with Gasteiger partial charge in [-0.2, -0.15) is 0 Å². The van der Waals surface area contributed by atoms with Gasteiger partial charge in [0.1, 0.15) is 36.6 Å². The summed E-state index contributed by atoms with van der Waals surface area (Å²) >= 11 is 0. The molecule has 40 heavy (non-hydrogen) atoms. The number of aryl methyl sites for hydroxylation is 2. The first-order valence-corrected chi connectivity index (χ1v) is 14.0. The molecule has 0 aliphatic heterocycles. The summed E-state index contributed by atoms with van der Waals surface area (Å²) in [7, 11) is 0. The Morgan fingerprint density at radius 1 is 1.12 bits per heavy atom. The van der Waals surface area contributed by atoms with Crippen molar-refractivity contribution in [2.45, 2.75) is 72.5 Å². The van der Waals surface area contributed by atoms with Crippen molar-refractivity contribution in [2.75, 3.05) is 13.2 Å². The monoisotopic (exact) mass is 550 g/mol. The van der Waals surface area contributed by atoms with Crippen molar-refractivity contribution in [2.24, 2.45) is 5.92 Å². The molecule has 216 valence electrons. The standard InChI is InChI=1S/C29H35FO4.C5H8O/c1-6-22-9-18(2)10-24(22)13-21(5)33-16-25-14-23(7-8-28(25)30)29-19(3)11-27(12-20(29)4)34-17-26(32)15-31;6-4-5-2-1-3-5/h6-8,11-14,18,26,31-32H,5,9-10,15-17H2,1-4H3;4,6H,1-3H2/b22-6-,24-13-;. The zero-order chi connectivity index (χ0) is 29.2. The molecule has 6 heteroatoms. The van der Waals surface area contributed by atoms with Gasteiger partial charge in [0, 0.05) is 5.56 Å². The van der Waals surface area contributed by atoms with Crippen LogP contribution in [-0.2, 0) is 11.3 Å².